The van der Waals surface area contributed by atoms with Crippen molar-refractivity contribution in [3.05, 3.63) is 35.9 Å². The molecule has 2 unspecified atom stereocenters. The van der Waals surface area contributed by atoms with Crippen molar-refractivity contribution >= 4 is 47.5 Å². The predicted octanol–water partition coefficient (Wildman–Crippen LogP) is 4.99. The van der Waals surface area contributed by atoms with Crippen LogP contribution in [0.15, 0.2) is 30.3 Å². The first kappa shape index (κ1) is 76.6. The number of amides is 7. The highest BCUT2D eigenvalue weighted by atomic mass is 16.7. The lowest BCUT2D eigenvalue weighted by atomic mass is 9.89. The number of carbonyl (C=O) groups is 8. The van der Waals surface area contributed by atoms with Crippen molar-refractivity contribution < 1.29 is 71.9 Å². The van der Waals surface area contributed by atoms with Crippen molar-refractivity contribution in [2.75, 3.05) is 74.8 Å². The molecule has 0 bridgehead atoms. The molecule has 492 valence electrons. The summed E-state index contributed by atoms with van der Waals surface area (Å²) in [4.78, 5) is 114. The fraction of sp³-hybridized carbons (Fsp3) is 0.778. The Balaban J connectivity index is 2.05. The minimum absolute atomic E-state index is 0.00228. The number of carbonyl (C=O) groups excluding carboxylic acids is 8. The number of likely N-dealkylation sites (N-methyl/N-ethyl adjacent to an activating group) is 2. The van der Waals surface area contributed by atoms with Crippen molar-refractivity contribution in [2.45, 2.75) is 215 Å². The Hall–Kier alpha value is -5.46. The Morgan fingerprint density at radius 3 is 1.99 bits per heavy atom. The standard InChI is InChI=1S/C63H110N8O15/c1-20-41(6)54(70(17)59(78)52(39(2)3)68-58(77)53(40(4)5)69(15)16)48(81-18)35-50(74)71-32-24-28-47(71)55(82-19)42(7)56(75)67-46(34-44-26-22-21-23-27-44)57(76)64-30-25-33-83-60(79)43(8)66-49(73)29-31-65-61(80)84-38-51(86-63(12,13)14)85-45(37-72)36-62(9,10)11/h21-23,26-27,39-43,45-48,51-55,72H,20,24-25,28-38H2,1-19H3,(H,64,76)(H,65,80)(H,66,73)(H,67,75)(H,68,77)/t41-,42+,43-,45?,46-,47-,48+,51?,52-,53-,54-,55+/m0/s1. The number of aliphatic hydroxyl groups excluding tert-OH is 1. The molecule has 1 heterocycles. The van der Waals surface area contributed by atoms with Crippen LogP contribution in [0, 0.1) is 29.1 Å². The first-order valence-corrected chi connectivity index (χ1v) is 30.7. The third-order valence-electron chi connectivity index (χ3n) is 15.3. The first-order valence-electron chi connectivity index (χ1n) is 30.7. The molecule has 23 nitrogen and oxygen atoms in total. The van der Waals surface area contributed by atoms with Crippen LogP contribution in [0.4, 0.5) is 4.79 Å². The number of alkyl carbamates (subject to hydrolysis) is 1. The molecular weight excluding hydrogens is 1110 g/mol. The zero-order valence-electron chi connectivity index (χ0n) is 55.4. The van der Waals surface area contributed by atoms with Crippen molar-refractivity contribution in [3.8, 4) is 0 Å². The lowest BCUT2D eigenvalue weighted by molar-refractivity contribution is -0.236. The SMILES string of the molecule is CC[C@H](C)[C@@H]([C@@H](CC(=O)N1CCC[C@H]1[C@H](OC)[C@@H](C)C(=O)N[C@@H](Cc1ccccc1)C(=O)NCCCOC(=O)[C@H](C)NC(=O)CCNC(=O)OCC(OC(CO)CC(C)(C)C)OC(C)(C)C)OC)N(C)C(=O)[C@@H](NC(=O)[C@H](C(C)C)N(C)C)C(C)C. The highest BCUT2D eigenvalue weighted by Crippen LogP contribution is 2.30. The van der Waals surface area contributed by atoms with E-state index >= 15 is 0 Å². The molecule has 0 radical (unpaired) electrons. The number of benzene rings is 1. The van der Waals surface area contributed by atoms with Crippen LogP contribution in [0.25, 0.3) is 0 Å². The second-order valence-corrected chi connectivity index (χ2v) is 26.0. The molecule has 2 rings (SSSR count). The molecule has 0 aromatic heterocycles. The number of esters is 1. The van der Waals surface area contributed by atoms with Crippen LogP contribution in [-0.4, -0.2) is 209 Å². The van der Waals surface area contributed by atoms with E-state index in [0.717, 1.165) is 5.56 Å². The van der Waals surface area contributed by atoms with Crippen LogP contribution in [-0.2, 0) is 68.4 Å². The van der Waals surface area contributed by atoms with Crippen LogP contribution in [0.5, 0.6) is 0 Å². The molecular formula is C63H110N8O15. The summed E-state index contributed by atoms with van der Waals surface area (Å²) in [6, 6.07) is 4.90. The zero-order chi connectivity index (χ0) is 65.2. The van der Waals surface area contributed by atoms with E-state index < -0.39 is 102 Å². The molecule has 23 heteroatoms. The van der Waals surface area contributed by atoms with Crippen LogP contribution < -0.4 is 26.6 Å². The average Bonchev–Trinajstić information content (AvgIpc) is 3.54. The van der Waals surface area contributed by atoms with Crippen molar-refractivity contribution in [1.29, 1.82) is 0 Å². The van der Waals surface area contributed by atoms with Gasteiger partial charge >= 0.3 is 12.1 Å². The van der Waals surface area contributed by atoms with E-state index in [1.807, 2.05) is 132 Å². The molecule has 1 saturated heterocycles. The summed E-state index contributed by atoms with van der Waals surface area (Å²) in [6.07, 6.45) is -1.18. The van der Waals surface area contributed by atoms with E-state index in [0.29, 0.717) is 32.2 Å². The molecule has 0 aliphatic carbocycles. The monoisotopic (exact) mass is 1220 g/mol. The van der Waals surface area contributed by atoms with Gasteiger partial charge in [0, 0.05) is 53.7 Å². The third-order valence-corrected chi connectivity index (χ3v) is 15.3. The van der Waals surface area contributed by atoms with E-state index in [9.17, 15) is 43.5 Å². The third kappa shape index (κ3) is 26.5. The van der Waals surface area contributed by atoms with Crippen molar-refractivity contribution in [1.82, 2.24) is 41.3 Å². The van der Waals surface area contributed by atoms with Gasteiger partial charge in [-0.3, -0.25) is 33.7 Å². The number of aliphatic hydroxyl groups is 1. The molecule has 1 aliphatic heterocycles. The molecule has 1 aromatic carbocycles. The summed E-state index contributed by atoms with van der Waals surface area (Å²) in [7, 11) is 8.40. The van der Waals surface area contributed by atoms with Crippen LogP contribution in [0.1, 0.15) is 147 Å². The van der Waals surface area contributed by atoms with Crippen LogP contribution in [0.3, 0.4) is 0 Å². The lowest BCUT2D eigenvalue weighted by Crippen LogP contribution is -2.59. The van der Waals surface area contributed by atoms with Crippen LogP contribution in [0.2, 0.25) is 0 Å². The Morgan fingerprint density at radius 2 is 1.44 bits per heavy atom. The Labute approximate surface area is 513 Å². The molecule has 1 fully saturated rings. The smallest absolute Gasteiger partial charge is 0.407 e. The van der Waals surface area contributed by atoms with Gasteiger partial charge in [0.15, 0.2) is 6.29 Å². The number of nitrogens with zero attached hydrogens (tertiary/aromatic N) is 3. The molecule has 0 saturated carbocycles. The molecule has 7 amide bonds. The molecule has 1 aromatic rings. The predicted molar refractivity (Wildman–Crippen MR) is 328 cm³/mol. The average molecular weight is 1220 g/mol. The molecule has 86 heavy (non-hydrogen) atoms. The van der Waals surface area contributed by atoms with Gasteiger partial charge in [-0.05, 0) is 96.2 Å². The minimum atomic E-state index is -1.02. The van der Waals surface area contributed by atoms with Gasteiger partial charge < -0.3 is 69.9 Å². The second kappa shape index (κ2) is 37.4. The van der Waals surface area contributed by atoms with Gasteiger partial charge in [-0.2, -0.15) is 0 Å². The normalized spacial score (nSPS) is 17.7. The molecule has 0 spiro atoms. The Bertz CT molecular complexity index is 2250. The number of methoxy groups -OCH3 is 2. The largest absolute Gasteiger partial charge is 0.464 e. The quantitative estimate of drug-likeness (QED) is 0.0291. The number of rotatable bonds is 37. The number of hydrogen-bond acceptors (Lipinski definition) is 16. The van der Waals surface area contributed by atoms with E-state index in [2.05, 4.69) is 26.6 Å². The summed E-state index contributed by atoms with van der Waals surface area (Å²) >= 11 is 0. The zero-order valence-corrected chi connectivity index (χ0v) is 55.4. The fourth-order valence-corrected chi connectivity index (χ4v) is 10.9. The summed E-state index contributed by atoms with van der Waals surface area (Å²) < 4.78 is 34.7. The summed E-state index contributed by atoms with van der Waals surface area (Å²) in [5, 5.41) is 23.7. The second-order valence-electron chi connectivity index (χ2n) is 26.0. The van der Waals surface area contributed by atoms with Gasteiger partial charge in [0.25, 0.3) is 0 Å². The van der Waals surface area contributed by atoms with Gasteiger partial charge in [-0.15, -0.1) is 0 Å². The minimum Gasteiger partial charge on any atom is -0.464 e. The Morgan fingerprint density at radius 1 is 0.791 bits per heavy atom. The lowest BCUT2D eigenvalue weighted by Gasteiger charge is -2.41. The summed E-state index contributed by atoms with van der Waals surface area (Å²) in [5.41, 5.74) is 0.0265. The number of nitrogens with one attached hydrogen (secondary N) is 5. The number of likely N-dealkylation sites (tertiary alicyclic amines) is 1. The van der Waals surface area contributed by atoms with Gasteiger partial charge in [0.1, 0.15) is 24.7 Å². The van der Waals surface area contributed by atoms with E-state index in [-0.39, 0.29) is 99.5 Å². The fourth-order valence-electron chi connectivity index (χ4n) is 10.9. The van der Waals surface area contributed by atoms with Gasteiger partial charge in [0.2, 0.25) is 35.4 Å². The van der Waals surface area contributed by atoms with Gasteiger partial charge in [-0.25, -0.2) is 9.59 Å². The van der Waals surface area contributed by atoms with Crippen molar-refractivity contribution in [3.63, 3.8) is 0 Å². The maximum atomic E-state index is 14.5. The van der Waals surface area contributed by atoms with E-state index in [1.165, 1.54) is 21.1 Å². The first-order chi connectivity index (χ1) is 40.2. The van der Waals surface area contributed by atoms with Gasteiger partial charge in [-0.1, -0.05) is 106 Å². The van der Waals surface area contributed by atoms with Gasteiger partial charge in [0.05, 0.1) is 67.6 Å². The maximum Gasteiger partial charge on any atom is 0.407 e. The highest BCUT2D eigenvalue weighted by Gasteiger charge is 2.44. The van der Waals surface area contributed by atoms with E-state index in [4.69, 9.17) is 28.4 Å². The summed E-state index contributed by atoms with van der Waals surface area (Å²) in [6.45, 7) is 26.2. The number of ether oxygens (including phenoxy) is 6. The maximum absolute atomic E-state index is 14.5. The van der Waals surface area contributed by atoms with Crippen molar-refractivity contribution in [2.24, 2.45) is 29.1 Å². The topological polar surface area (TPSA) is 282 Å². The molecule has 12 atom stereocenters. The van der Waals surface area contributed by atoms with Crippen LogP contribution >= 0.6 is 0 Å². The summed E-state index contributed by atoms with van der Waals surface area (Å²) in [5.74, 6) is -4.03. The number of hydrogen-bond donors (Lipinski definition) is 6. The molecule has 1 aliphatic rings. The van der Waals surface area contributed by atoms with E-state index in [1.54, 1.807) is 23.8 Å². The Kier molecular flexibility index (Phi) is 33.3. The molecule has 6 N–H and O–H groups in total. The highest BCUT2D eigenvalue weighted by molar-refractivity contribution is 5.91.